The first kappa shape index (κ1) is 21.2. The molecule has 1 amide bonds. The van der Waals surface area contributed by atoms with Gasteiger partial charge in [-0.15, -0.1) is 0 Å². The Morgan fingerprint density at radius 3 is 2.58 bits per heavy atom. The molecule has 4 rings (SSSR count). The molecule has 0 aliphatic heterocycles. The second kappa shape index (κ2) is 6.71. The molecule has 1 heterocycles. The summed E-state index contributed by atoms with van der Waals surface area (Å²) in [6, 6.07) is 5.81. The number of phenolic OH excluding ortho intramolecular Hbond substituents is 1. The number of amides is 1. The van der Waals surface area contributed by atoms with Crippen molar-refractivity contribution < 1.29 is 37.0 Å². The number of alkyl halides is 3. The first-order valence-corrected chi connectivity index (χ1v) is 9.44. The van der Waals surface area contributed by atoms with Crippen LogP contribution < -0.4 is 5.32 Å². The molecule has 2 atom stereocenters. The van der Waals surface area contributed by atoms with Crippen molar-refractivity contribution in [2.45, 2.75) is 43.5 Å². The fraction of sp³-hybridized carbons (Fsp3) is 0.318. The van der Waals surface area contributed by atoms with E-state index in [1.165, 1.54) is 38.3 Å². The lowest BCUT2D eigenvalue weighted by Crippen LogP contribution is -2.60. The summed E-state index contributed by atoms with van der Waals surface area (Å²) in [4.78, 5) is 12.9. The van der Waals surface area contributed by atoms with E-state index in [1.54, 1.807) is 6.07 Å². The molecular weight excluding hydrogens is 418 g/mol. The van der Waals surface area contributed by atoms with E-state index in [0.29, 0.717) is 11.0 Å². The number of rotatable bonds is 2. The molecule has 3 N–H and O–H groups in total. The van der Waals surface area contributed by atoms with Crippen LogP contribution in [-0.2, 0) is 5.41 Å². The SMILES string of the molecule is CC1(C)C[C@](O)(C(F)(F)F)[C@H](NC(=O)c2ccc3occc3c2)c2ccc(F)c(O)c21. The number of furan rings is 1. The number of phenols is 1. The van der Waals surface area contributed by atoms with Gasteiger partial charge in [-0.05, 0) is 47.7 Å². The predicted molar refractivity (Wildman–Crippen MR) is 103 cm³/mol. The van der Waals surface area contributed by atoms with E-state index < -0.39 is 47.1 Å². The Labute approximate surface area is 174 Å². The zero-order chi connectivity index (χ0) is 22.8. The maximum absolute atomic E-state index is 14.1. The second-order valence-corrected chi connectivity index (χ2v) is 8.42. The van der Waals surface area contributed by atoms with Gasteiger partial charge in [0.25, 0.3) is 5.91 Å². The average Bonchev–Trinajstić information content (AvgIpc) is 3.13. The lowest BCUT2D eigenvalue weighted by Gasteiger charge is -2.48. The molecule has 0 spiro atoms. The monoisotopic (exact) mass is 437 g/mol. The van der Waals surface area contributed by atoms with E-state index in [0.717, 1.165) is 12.1 Å². The molecule has 5 nitrogen and oxygen atoms in total. The van der Waals surface area contributed by atoms with E-state index in [1.807, 2.05) is 0 Å². The van der Waals surface area contributed by atoms with Crippen LogP contribution in [0.15, 0.2) is 47.1 Å². The van der Waals surface area contributed by atoms with Crippen molar-refractivity contribution in [3.05, 3.63) is 65.2 Å². The van der Waals surface area contributed by atoms with Crippen molar-refractivity contribution in [3.8, 4) is 5.75 Å². The van der Waals surface area contributed by atoms with Crippen molar-refractivity contribution >= 4 is 16.9 Å². The number of carbonyl (C=O) groups is 1. The number of hydrogen-bond donors (Lipinski definition) is 3. The van der Waals surface area contributed by atoms with Crippen LogP contribution in [0, 0.1) is 5.82 Å². The van der Waals surface area contributed by atoms with Gasteiger partial charge >= 0.3 is 6.18 Å². The fourth-order valence-electron chi connectivity index (χ4n) is 4.44. The lowest BCUT2D eigenvalue weighted by molar-refractivity contribution is -0.280. The standard InChI is InChI=1S/C22H19F4NO4/c1-20(2)10-21(30,22(24,25)26)18(13-4-5-14(23)17(28)16(13)20)27-19(29)12-3-6-15-11(9-12)7-8-31-15/h3-9,18,28,30H,10H2,1-2H3,(H,27,29)/t18-,21-/m1/s1. The molecule has 0 saturated heterocycles. The average molecular weight is 437 g/mol. The minimum Gasteiger partial charge on any atom is -0.505 e. The topological polar surface area (TPSA) is 82.7 Å². The Hall–Kier alpha value is -3.07. The van der Waals surface area contributed by atoms with E-state index in [2.05, 4.69) is 5.32 Å². The van der Waals surface area contributed by atoms with Gasteiger partial charge in [-0.2, -0.15) is 13.2 Å². The van der Waals surface area contributed by atoms with Crippen molar-refractivity contribution in [1.82, 2.24) is 5.32 Å². The van der Waals surface area contributed by atoms with Gasteiger partial charge in [0.05, 0.1) is 12.3 Å². The van der Waals surface area contributed by atoms with Crippen LogP contribution in [-0.4, -0.2) is 27.9 Å². The summed E-state index contributed by atoms with van der Waals surface area (Å²) in [5.74, 6) is -2.67. The van der Waals surface area contributed by atoms with E-state index in [-0.39, 0.29) is 16.7 Å². The first-order chi connectivity index (χ1) is 14.3. The van der Waals surface area contributed by atoms with Gasteiger partial charge in [0, 0.05) is 16.5 Å². The molecule has 0 radical (unpaired) electrons. The fourth-order valence-corrected chi connectivity index (χ4v) is 4.44. The Morgan fingerprint density at radius 1 is 1.19 bits per heavy atom. The lowest BCUT2D eigenvalue weighted by atomic mass is 9.63. The van der Waals surface area contributed by atoms with Crippen LogP contribution in [0.1, 0.15) is 47.8 Å². The maximum Gasteiger partial charge on any atom is 0.419 e. The zero-order valence-electron chi connectivity index (χ0n) is 16.5. The molecule has 0 bridgehead atoms. The van der Waals surface area contributed by atoms with Crippen molar-refractivity contribution in [3.63, 3.8) is 0 Å². The zero-order valence-corrected chi connectivity index (χ0v) is 16.5. The number of aromatic hydroxyl groups is 1. The maximum atomic E-state index is 14.1. The number of benzene rings is 2. The summed E-state index contributed by atoms with van der Waals surface area (Å²) >= 11 is 0. The van der Waals surface area contributed by atoms with Gasteiger partial charge in [0.2, 0.25) is 0 Å². The summed E-state index contributed by atoms with van der Waals surface area (Å²) < 4.78 is 61.4. The molecule has 1 aromatic heterocycles. The van der Waals surface area contributed by atoms with E-state index >= 15 is 0 Å². The van der Waals surface area contributed by atoms with Crippen molar-refractivity contribution in [2.24, 2.45) is 0 Å². The smallest absolute Gasteiger partial charge is 0.419 e. The molecule has 2 aromatic carbocycles. The number of hydrogen-bond acceptors (Lipinski definition) is 4. The molecule has 0 unspecified atom stereocenters. The number of carbonyl (C=O) groups excluding carboxylic acids is 1. The summed E-state index contributed by atoms with van der Waals surface area (Å²) in [7, 11) is 0. The van der Waals surface area contributed by atoms with Gasteiger partial charge in [-0.1, -0.05) is 19.9 Å². The summed E-state index contributed by atoms with van der Waals surface area (Å²) in [6.07, 6.45) is -4.59. The first-order valence-electron chi connectivity index (χ1n) is 9.44. The minimum absolute atomic E-state index is 0.0520. The number of aliphatic hydroxyl groups is 1. The molecule has 1 aliphatic carbocycles. The van der Waals surface area contributed by atoms with Gasteiger partial charge < -0.3 is 19.9 Å². The van der Waals surface area contributed by atoms with Gasteiger partial charge in [-0.3, -0.25) is 4.79 Å². The van der Waals surface area contributed by atoms with Gasteiger partial charge in [0.1, 0.15) is 5.58 Å². The largest absolute Gasteiger partial charge is 0.505 e. The number of nitrogens with one attached hydrogen (secondary N) is 1. The van der Waals surface area contributed by atoms with Crippen LogP contribution in [0.3, 0.4) is 0 Å². The molecule has 164 valence electrons. The molecule has 9 heteroatoms. The number of halogens is 4. The summed E-state index contributed by atoms with van der Waals surface area (Å²) in [6.45, 7) is 2.74. The molecule has 0 fully saturated rings. The van der Waals surface area contributed by atoms with Crippen LogP contribution in [0.4, 0.5) is 17.6 Å². The van der Waals surface area contributed by atoms with Crippen LogP contribution in [0.25, 0.3) is 11.0 Å². The van der Waals surface area contributed by atoms with Crippen LogP contribution >= 0.6 is 0 Å². The molecular formula is C22H19F4NO4. The second-order valence-electron chi connectivity index (χ2n) is 8.42. The molecule has 1 aliphatic rings. The minimum atomic E-state index is -5.11. The van der Waals surface area contributed by atoms with Crippen LogP contribution in [0.2, 0.25) is 0 Å². The Kier molecular flexibility index (Phi) is 4.59. The Morgan fingerprint density at radius 2 is 1.90 bits per heavy atom. The molecule has 31 heavy (non-hydrogen) atoms. The summed E-state index contributed by atoms with van der Waals surface area (Å²) in [5.41, 5.74) is -4.51. The highest BCUT2D eigenvalue weighted by Crippen LogP contribution is 2.55. The van der Waals surface area contributed by atoms with Crippen molar-refractivity contribution in [2.75, 3.05) is 0 Å². The highest BCUT2D eigenvalue weighted by molar-refractivity contribution is 5.98. The van der Waals surface area contributed by atoms with E-state index in [9.17, 15) is 32.6 Å². The third kappa shape index (κ3) is 3.23. The Balaban J connectivity index is 1.84. The van der Waals surface area contributed by atoms with E-state index in [4.69, 9.17) is 4.42 Å². The quantitative estimate of drug-likeness (QED) is 0.507. The summed E-state index contributed by atoms with van der Waals surface area (Å²) in [5, 5.41) is 23.9. The highest BCUT2D eigenvalue weighted by atomic mass is 19.4. The normalized spacial score (nSPS) is 22.9. The molecule has 3 aromatic rings. The number of fused-ring (bicyclic) bond motifs is 2. The Bertz CT molecular complexity index is 1180. The van der Waals surface area contributed by atoms with Crippen molar-refractivity contribution in [1.29, 1.82) is 0 Å². The molecule has 0 saturated carbocycles. The van der Waals surface area contributed by atoms with Crippen LogP contribution in [0.5, 0.6) is 5.75 Å². The third-order valence-corrected chi connectivity index (χ3v) is 5.82. The van der Waals surface area contributed by atoms with Gasteiger partial charge in [-0.25, -0.2) is 4.39 Å². The van der Waals surface area contributed by atoms with Gasteiger partial charge in [0.15, 0.2) is 17.2 Å². The predicted octanol–water partition coefficient (Wildman–Crippen LogP) is 4.72. The third-order valence-electron chi connectivity index (χ3n) is 5.82. The highest BCUT2D eigenvalue weighted by Gasteiger charge is 2.64.